The van der Waals surface area contributed by atoms with E-state index in [1.54, 1.807) is 0 Å². The standard InChI is InChI=1S/C7H4ClF2NO3/c8-5-1-4(14-7(9)10)3(2-11-5)6(12)13/h1-2,7H,(H,12,13). The highest BCUT2D eigenvalue weighted by atomic mass is 35.5. The molecule has 0 unspecified atom stereocenters. The second kappa shape index (κ2) is 4.19. The van der Waals surface area contributed by atoms with Gasteiger partial charge < -0.3 is 9.84 Å². The van der Waals surface area contributed by atoms with Gasteiger partial charge in [0.05, 0.1) is 0 Å². The van der Waals surface area contributed by atoms with Crippen LogP contribution in [0.2, 0.25) is 5.15 Å². The van der Waals surface area contributed by atoms with E-state index in [4.69, 9.17) is 16.7 Å². The smallest absolute Gasteiger partial charge is 0.387 e. The number of hydrogen-bond donors (Lipinski definition) is 1. The molecule has 0 radical (unpaired) electrons. The molecule has 0 spiro atoms. The lowest BCUT2D eigenvalue weighted by Gasteiger charge is -2.06. The minimum atomic E-state index is -3.11. The first kappa shape index (κ1) is 10.6. The molecule has 0 aliphatic heterocycles. The summed E-state index contributed by atoms with van der Waals surface area (Å²) in [5.74, 6) is -1.92. The molecule has 0 aromatic carbocycles. The summed E-state index contributed by atoms with van der Waals surface area (Å²) in [6, 6.07) is 0.914. The Labute approximate surface area is 82.1 Å². The van der Waals surface area contributed by atoms with E-state index in [-0.39, 0.29) is 5.15 Å². The van der Waals surface area contributed by atoms with Gasteiger partial charge >= 0.3 is 12.6 Å². The molecule has 0 saturated heterocycles. The quantitative estimate of drug-likeness (QED) is 0.797. The minimum absolute atomic E-state index is 0.120. The van der Waals surface area contributed by atoms with Gasteiger partial charge in [-0.3, -0.25) is 0 Å². The molecule has 4 nitrogen and oxygen atoms in total. The normalized spacial score (nSPS) is 10.3. The second-order valence-electron chi connectivity index (χ2n) is 2.19. The van der Waals surface area contributed by atoms with Crippen molar-refractivity contribution in [2.24, 2.45) is 0 Å². The van der Waals surface area contributed by atoms with Gasteiger partial charge in [-0.2, -0.15) is 8.78 Å². The fourth-order valence-electron chi connectivity index (χ4n) is 0.767. The van der Waals surface area contributed by atoms with Gasteiger partial charge in [-0.05, 0) is 0 Å². The van der Waals surface area contributed by atoms with E-state index < -0.39 is 23.9 Å². The lowest BCUT2D eigenvalue weighted by Crippen LogP contribution is -2.08. The molecule has 0 amide bonds. The first-order valence-electron chi connectivity index (χ1n) is 3.34. The van der Waals surface area contributed by atoms with Gasteiger partial charge in [0.1, 0.15) is 16.5 Å². The summed E-state index contributed by atoms with van der Waals surface area (Å²) >= 11 is 5.38. The van der Waals surface area contributed by atoms with Crippen molar-refractivity contribution in [3.8, 4) is 5.75 Å². The van der Waals surface area contributed by atoms with E-state index in [0.29, 0.717) is 0 Å². The van der Waals surface area contributed by atoms with Gasteiger partial charge in [0.15, 0.2) is 0 Å². The van der Waals surface area contributed by atoms with Crippen LogP contribution in [0.3, 0.4) is 0 Å². The molecule has 1 aromatic heterocycles. The topological polar surface area (TPSA) is 59.4 Å². The Morgan fingerprint density at radius 1 is 1.64 bits per heavy atom. The minimum Gasteiger partial charge on any atom is -0.477 e. The molecule has 0 atom stereocenters. The van der Waals surface area contributed by atoms with E-state index in [1.165, 1.54) is 0 Å². The van der Waals surface area contributed by atoms with Crippen molar-refractivity contribution in [1.82, 2.24) is 4.98 Å². The molecule has 1 N–H and O–H groups in total. The summed E-state index contributed by atoms with van der Waals surface area (Å²) in [6.07, 6.45) is 0.850. The number of aromatic carboxylic acids is 1. The van der Waals surface area contributed by atoms with E-state index in [0.717, 1.165) is 12.3 Å². The van der Waals surface area contributed by atoms with Crippen LogP contribution in [-0.2, 0) is 0 Å². The summed E-state index contributed by atoms with van der Waals surface area (Å²) in [6.45, 7) is -3.11. The highest BCUT2D eigenvalue weighted by molar-refractivity contribution is 6.29. The van der Waals surface area contributed by atoms with Crippen molar-refractivity contribution in [2.75, 3.05) is 0 Å². The number of alkyl halides is 2. The Balaban J connectivity index is 3.09. The molecule has 0 bridgehead atoms. The molecule has 7 heteroatoms. The number of hydrogen-bond acceptors (Lipinski definition) is 3. The molecule has 0 aliphatic carbocycles. The first-order chi connectivity index (χ1) is 6.50. The molecule has 0 aliphatic rings. The largest absolute Gasteiger partial charge is 0.477 e. The Kier molecular flexibility index (Phi) is 3.19. The highest BCUT2D eigenvalue weighted by Gasteiger charge is 2.15. The predicted molar refractivity (Wildman–Crippen MR) is 42.8 cm³/mol. The maximum absolute atomic E-state index is 11.8. The van der Waals surface area contributed by atoms with E-state index >= 15 is 0 Å². The van der Waals surface area contributed by atoms with Crippen molar-refractivity contribution in [1.29, 1.82) is 0 Å². The number of pyridine rings is 1. The average molecular weight is 224 g/mol. The molecule has 14 heavy (non-hydrogen) atoms. The fraction of sp³-hybridized carbons (Fsp3) is 0.143. The van der Waals surface area contributed by atoms with Gasteiger partial charge in [-0.15, -0.1) is 0 Å². The van der Waals surface area contributed by atoms with Crippen molar-refractivity contribution in [3.05, 3.63) is 23.0 Å². The number of carbonyl (C=O) groups is 1. The van der Waals surface area contributed by atoms with Gasteiger partial charge in [-0.25, -0.2) is 9.78 Å². The summed E-state index contributed by atoms with van der Waals surface area (Å²) in [5.41, 5.74) is -0.463. The summed E-state index contributed by atoms with van der Waals surface area (Å²) < 4.78 is 27.6. The number of ether oxygens (including phenoxy) is 1. The number of halogens is 3. The van der Waals surface area contributed by atoms with Crippen LogP contribution in [0.1, 0.15) is 10.4 Å². The van der Waals surface area contributed by atoms with Gasteiger partial charge in [-0.1, -0.05) is 11.6 Å². The average Bonchev–Trinajstić information content (AvgIpc) is 2.01. The Bertz CT molecular complexity index is 359. The lowest BCUT2D eigenvalue weighted by atomic mass is 10.2. The highest BCUT2D eigenvalue weighted by Crippen LogP contribution is 2.22. The first-order valence-corrected chi connectivity index (χ1v) is 3.72. The predicted octanol–water partition coefficient (Wildman–Crippen LogP) is 2.03. The Morgan fingerprint density at radius 3 is 2.79 bits per heavy atom. The zero-order chi connectivity index (χ0) is 10.7. The molecule has 1 rings (SSSR count). The van der Waals surface area contributed by atoms with Gasteiger partial charge in [0, 0.05) is 12.3 Å². The van der Waals surface area contributed by atoms with Crippen LogP contribution in [0.4, 0.5) is 8.78 Å². The summed E-state index contributed by atoms with van der Waals surface area (Å²) in [7, 11) is 0. The SMILES string of the molecule is O=C(O)c1cnc(Cl)cc1OC(F)F. The van der Waals surface area contributed by atoms with Crippen LogP contribution >= 0.6 is 11.6 Å². The Morgan fingerprint density at radius 2 is 2.29 bits per heavy atom. The Hall–Kier alpha value is -1.43. The third-order valence-corrected chi connectivity index (χ3v) is 1.49. The van der Waals surface area contributed by atoms with E-state index in [2.05, 4.69) is 9.72 Å². The van der Waals surface area contributed by atoms with Crippen molar-refractivity contribution < 1.29 is 23.4 Å². The van der Waals surface area contributed by atoms with Crippen LogP contribution < -0.4 is 4.74 Å². The van der Waals surface area contributed by atoms with Crippen molar-refractivity contribution in [3.63, 3.8) is 0 Å². The second-order valence-corrected chi connectivity index (χ2v) is 2.57. The molecule has 0 saturated carbocycles. The zero-order valence-corrected chi connectivity index (χ0v) is 7.33. The van der Waals surface area contributed by atoms with E-state index in [9.17, 15) is 13.6 Å². The molecule has 1 heterocycles. The van der Waals surface area contributed by atoms with Crippen LogP contribution in [0.5, 0.6) is 5.75 Å². The number of carboxylic acid groups (broad SMARTS) is 1. The molecular weight excluding hydrogens is 220 g/mol. The number of aromatic nitrogens is 1. The summed E-state index contributed by atoms with van der Waals surface area (Å²) in [5, 5.41) is 8.44. The van der Waals surface area contributed by atoms with Crippen LogP contribution in [0, 0.1) is 0 Å². The maximum atomic E-state index is 11.8. The van der Waals surface area contributed by atoms with Gasteiger partial charge in [0.25, 0.3) is 0 Å². The fourth-order valence-corrected chi connectivity index (χ4v) is 0.915. The van der Waals surface area contributed by atoms with Crippen molar-refractivity contribution >= 4 is 17.6 Å². The lowest BCUT2D eigenvalue weighted by molar-refractivity contribution is -0.0503. The number of nitrogens with zero attached hydrogens (tertiary/aromatic N) is 1. The zero-order valence-electron chi connectivity index (χ0n) is 6.58. The van der Waals surface area contributed by atoms with Crippen LogP contribution in [0.25, 0.3) is 0 Å². The number of rotatable bonds is 3. The monoisotopic (exact) mass is 223 g/mol. The molecule has 76 valence electrons. The molecular formula is C7H4ClF2NO3. The summed E-state index contributed by atoms with van der Waals surface area (Å²) in [4.78, 5) is 13.9. The number of carboxylic acids is 1. The molecule has 1 aromatic rings. The maximum Gasteiger partial charge on any atom is 0.387 e. The van der Waals surface area contributed by atoms with E-state index in [1.807, 2.05) is 0 Å². The van der Waals surface area contributed by atoms with Crippen LogP contribution in [0.15, 0.2) is 12.3 Å². The third-order valence-electron chi connectivity index (χ3n) is 1.28. The van der Waals surface area contributed by atoms with Gasteiger partial charge in [0.2, 0.25) is 0 Å². The third kappa shape index (κ3) is 2.53. The van der Waals surface area contributed by atoms with Crippen molar-refractivity contribution in [2.45, 2.75) is 6.61 Å². The molecule has 0 fully saturated rings. The van der Waals surface area contributed by atoms with Crippen LogP contribution in [-0.4, -0.2) is 22.7 Å².